The van der Waals surface area contributed by atoms with Crippen molar-refractivity contribution in [3.05, 3.63) is 98.7 Å². The van der Waals surface area contributed by atoms with E-state index in [4.69, 9.17) is 21.7 Å². The highest BCUT2D eigenvalue weighted by molar-refractivity contribution is 7.88. The Labute approximate surface area is 321 Å². The molecule has 5 aromatic rings. The van der Waals surface area contributed by atoms with Crippen LogP contribution in [0.4, 0.5) is 26.3 Å². The molecule has 294 valence electrons. The highest BCUT2D eigenvalue weighted by Crippen LogP contribution is 2.68. The van der Waals surface area contributed by atoms with E-state index in [1.54, 1.807) is 12.1 Å². The normalized spacial score (nSPS) is 17.8. The first kappa shape index (κ1) is 39.5. The van der Waals surface area contributed by atoms with Crippen LogP contribution in [-0.2, 0) is 46.5 Å². The van der Waals surface area contributed by atoms with Gasteiger partial charge < -0.3 is 5.11 Å². The zero-order valence-corrected chi connectivity index (χ0v) is 31.5. The van der Waals surface area contributed by atoms with Gasteiger partial charge in [0.25, 0.3) is 12.3 Å². The largest absolute Gasteiger partial charge is 0.378 e. The van der Waals surface area contributed by atoms with Crippen molar-refractivity contribution >= 4 is 38.3 Å². The number of fused-ring (bicyclic) bond motifs is 4. The van der Waals surface area contributed by atoms with Crippen LogP contribution < -0.4 is 5.14 Å². The third-order valence-electron chi connectivity index (χ3n) is 9.82. The smallest absolute Gasteiger partial charge is 0.293 e. The molecule has 3 N–H and O–H groups in total. The molecule has 3 heterocycles. The lowest BCUT2D eigenvalue weighted by Gasteiger charge is -2.22. The van der Waals surface area contributed by atoms with E-state index in [1.165, 1.54) is 37.7 Å². The number of nitrogens with two attached hydrogens (primary N) is 1. The van der Waals surface area contributed by atoms with Crippen molar-refractivity contribution < 1.29 is 44.7 Å². The molecular weight excluding hydrogens is 786 g/mol. The maximum atomic E-state index is 15.4. The first-order chi connectivity index (χ1) is 26.1. The van der Waals surface area contributed by atoms with Crippen LogP contribution in [0, 0.1) is 29.4 Å². The van der Waals surface area contributed by atoms with Gasteiger partial charge >= 0.3 is 0 Å². The lowest BCUT2D eigenvalue weighted by Crippen LogP contribution is -2.24. The second kappa shape index (κ2) is 14.0. The minimum atomic E-state index is -4.07. The third-order valence-corrected chi connectivity index (χ3v) is 10.8. The van der Waals surface area contributed by atoms with Crippen LogP contribution in [0.25, 0.3) is 22.0 Å². The summed E-state index contributed by atoms with van der Waals surface area (Å²) in [5.74, 6) is -4.26. The summed E-state index contributed by atoms with van der Waals surface area (Å²) in [5.41, 5.74) is -1.75. The van der Waals surface area contributed by atoms with Crippen LogP contribution in [0.1, 0.15) is 84.5 Å². The highest BCUT2D eigenvalue weighted by atomic mass is 35.5. The van der Waals surface area contributed by atoms with Gasteiger partial charge in [-0.2, -0.15) is 19.0 Å². The standard InChI is InChI=1S/C38H33ClF6N6O4S/c1-37(2,53)9-8-22-4-5-24(25-6-7-28(39)31-29(17-56(46,54)55)48-50(3)34(25)31)32(47-22)19(10-18-11-20(40)14-21(41)12-18)13-23(52)16-51-35-30(33(49-51)36(42)43)26-15-27(26)38(35,44)45/h4-7,11-12,14,19,26-27,36,53H,10,13,15-17H2,1-3H3,(H2,46,54,55)/t19-,26+,27-/m1/s1. The molecule has 2 aliphatic rings. The molecular formula is C38H33ClF6N6O4S. The molecule has 7 rings (SSSR count). The minimum Gasteiger partial charge on any atom is -0.378 e. The first-order valence-electron chi connectivity index (χ1n) is 17.3. The molecule has 2 aromatic carbocycles. The Morgan fingerprint density at radius 1 is 1.09 bits per heavy atom. The quantitative estimate of drug-likeness (QED) is 0.110. The van der Waals surface area contributed by atoms with Crippen LogP contribution in [0.5, 0.6) is 0 Å². The van der Waals surface area contributed by atoms with Crippen LogP contribution in [-0.4, -0.2) is 49.5 Å². The molecule has 56 heavy (non-hydrogen) atoms. The summed E-state index contributed by atoms with van der Waals surface area (Å²) in [7, 11) is -2.53. The molecule has 0 unspecified atom stereocenters. The van der Waals surface area contributed by atoms with Crippen molar-refractivity contribution in [3.8, 4) is 23.0 Å². The Morgan fingerprint density at radius 3 is 2.41 bits per heavy atom. The summed E-state index contributed by atoms with van der Waals surface area (Å²) in [6, 6.07) is 8.98. The molecule has 2 aliphatic carbocycles. The van der Waals surface area contributed by atoms with Gasteiger partial charge in [-0.3, -0.25) is 14.2 Å². The van der Waals surface area contributed by atoms with Crippen molar-refractivity contribution in [1.29, 1.82) is 0 Å². The number of sulfonamides is 1. The van der Waals surface area contributed by atoms with Gasteiger partial charge in [-0.1, -0.05) is 23.6 Å². The summed E-state index contributed by atoms with van der Waals surface area (Å²) < 4.78 is 114. The second-order valence-electron chi connectivity index (χ2n) is 14.7. The summed E-state index contributed by atoms with van der Waals surface area (Å²) >= 11 is 6.58. The first-order valence-corrected chi connectivity index (χ1v) is 19.4. The number of aliphatic hydroxyl groups is 1. The summed E-state index contributed by atoms with van der Waals surface area (Å²) in [5, 5.41) is 24.2. The Kier molecular flexibility index (Phi) is 9.88. The van der Waals surface area contributed by atoms with Crippen LogP contribution >= 0.6 is 11.6 Å². The van der Waals surface area contributed by atoms with E-state index in [9.17, 15) is 35.9 Å². The lowest BCUT2D eigenvalue weighted by molar-refractivity contribution is -0.120. The topological polar surface area (TPSA) is 146 Å². The molecule has 3 aromatic heterocycles. The van der Waals surface area contributed by atoms with E-state index >= 15 is 8.78 Å². The van der Waals surface area contributed by atoms with Crippen LogP contribution in [0.3, 0.4) is 0 Å². The predicted molar refractivity (Wildman–Crippen MR) is 193 cm³/mol. The number of primary sulfonamides is 1. The molecule has 18 heteroatoms. The number of alkyl halides is 4. The fourth-order valence-corrected chi connectivity index (χ4v) is 8.48. The van der Waals surface area contributed by atoms with Crippen LogP contribution in [0.15, 0.2) is 42.5 Å². The van der Waals surface area contributed by atoms with E-state index in [1.807, 2.05) is 0 Å². The summed E-state index contributed by atoms with van der Waals surface area (Å²) in [4.78, 5) is 18.8. The van der Waals surface area contributed by atoms with E-state index in [-0.39, 0.29) is 51.5 Å². The predicted octanol–water partition coefficient (Wildman–Crippen LogP) is 6.81. The van der Waals surface area contributed by atoms with Gasteiger partial charge in [0.05, 0.1) is 21.9 Å². The van der Waals surface area contributed by atoms with Crippen molar-refractivity contribution in [3.63, 3.8) is 0 Å². The number of carbonyl (C=O) groups excluding carboxylic acids is 1. The second-order valence-corrected chi connectivity index (χ2v) is 16.8. The molecule has 0 radical (unpaired) electrons. The number of hydrogen-bond acceptors (Lipinski definition) is 7. The van der Waals surface area contributed by atoms with E-state index in [0.717, 1.165) is 12.1 Å². The fraction of sp³-hybridized carbons (Fsp3) is 0.368. The monoisotopic (exact) mass is 818 g/mol. The van der Waals surface area contributed by atoms with Crippen molar-refractivity contribution in [2.24, 2.45) is 18.1 Å². The number of rotatable bonds is 11. The van der Waals surface area contributed by atoms with Gasteiger partial charge in [-0.15, -0.1) is 0 Å². The minimum absolute atomic E-state index is 0.0327. The third kappa shape index (κ3) is 7.67. The Balaban J connectivity index is 1.39. The maximum absolute atomic E-state index is 15.4. The molecule has 1 saturated carbocycles. The molecule has 0 bridgehead atoms. The Morgan fingerprint density at radius 2 is 1.77 bits per heavy atom. The van der Waals surface area contributed by atoms with Gasteiger partial charge in [-0.05, 0) is 74.4 Å². The van der Waals surface area contributed by atoms with Crippen molar-refractivity contribution in [2.45, 2.75) is 75.2 Å². The number of pyridine rings is 1. The molecule has 10 nitrogen and oxygen atoms in total. The number of hydrogen-bond donors (Lipinski definition) is 2. The number of carbonyl (C=O) groups is 1. The molecule has 0 saturated heterocycles. The van der Waals surface area contributed by atoms with Crippen LogP contribution in [0.2, 0.25) is 5.02 Å². The highest BCUT2D eigenvalue weighted by Gasteiger charge is 2.67. The Hall–Kier alpha value is -4.76. The number of aryl methyl sites for hydroxylation is 1. The fourth-order valence-electron chi connectivity index (χ4n) is 7.63. The SMILES string of the molecule is Cn1nc(CS(N)(=O)=O)c2c(Cl)ccc(-c3ccc(C#CC(C)(C)O)nc3[C@@H](CC(=O)Cn3nc(C(F)F)c4c3C(F)(F)[C@@H]3C[C@H]43)Cc3cc(F)cc(F)c3)c21. The van der Waals surface area contributed by atoms with Gasteiger partial charge in [0.15, 0.2) is 5.78 Å². The molecule has 1 fully saturated rings. The zero-order chi connectivity index (χ0) is 40.6. The summed E-state index contributed by atoms with van der Waals surface area (Å²) in [6.45, 7) is 2.08. The number of Topliss-reactive ketones (excluding diaryl/α,β-unsaturated/α-hetero) is 1. The van der Waals surface area contributed by atoms with Gasteiger partial charge in [0.1, 0.15) is 46.6 Å². The van der Waals surface area contributed by atoms with E-state index in [0.29, 0.717) is 27.4 Å². The van der Waals surface area contributed by atoms with Gasteiger partial charge in [0.2, 0.25) is 10.0 Å². The number of nitrogens with zero attached hydrogens (tertiary/aromatic N) is 5. The van der Waals surface area contributed by atoms with Crippen molar-refractivity contribution in [2.75, 3.05) is 0 Å². The van der Waals surface area contributed by atoms with Crippen molar-refractivity contribution in [1.82, 2.24) is 24.5 Å². The lowest BCUT2D eigenvalue weighted by atomic mass is 9.86. The number of benzene rings is 2. The Bertz CT molecular complexity index is 2590. The van der Waals surface area contributed by atoms with Gasteiger partial charge in [0, 0.05) is 53.4 Å². The number of halogens is 7. The zero-order valence-electron chi connectivity index (χ0n) is 29.9. The van der Waals surface area contributed by atoms with E-state index < -0.39 is 93.3 Å². The number of aromatic nitrogens is 5. The molecule has 0 spiro atoms. The molecule has 3 atom stereocenters. The van der Waals surface area contributed by atoms with Gasteiger partial charge in [-0.25, -0.2) is 36.1 Å². The maximum Gasteiger partial charge on any atom is 0.293 e. The molecule has 0 amide bonds. The van der Waals surface area contributed by atoms with E-state index in [2.05, 4.69) is 22.0 Å². The molecule has 0 aliphatic heterocycles. The average Bonchev–Trinajstić information content (AvgIpc) is 3.62. The number of ketones is 1. The average molecular weight is 819 g/mol. The summed E-state index contributed by atoms with van der Waals surface area (Å²) in [6.07, 6.45) is -3.86.